The highest BCUT2D eigenvalue weighted by Gasteiger charge is 2.08. The summed E-state index contributed by atoms with van der Waals surface area (Å²) in [5, 5.41) is 8.53. The molecule has 3 nitrogen and oxygen atoms in total. The highest BCUT2D eigenvalue weighted by molar-refractivity contribution is 6.33. The van der Waals surface area contributed by atoms with Crippen LogP contribution in [0.25, 0.3) is 11.4 Å². The number of aryl methyl sites for hydroxylation is 2. The molecule has 0 spiro atoms. The van der Waals surface area contributed by atoms with E-state index in [1.807, 2.05) is 36.7 Å². The minimum atomic E-state index is 0.709. The number of aromatic nitrogens is 3. The van der Waals surface area contributed by atoms with Crippen LogP contribution in [0.1, 0.15) is 5.56 Å². The van der Waals surface area contributed by atoms with Gasteiger partial charge in [0.25, 0.3) is 0 Å². The number of benzene rings is 1. The van der Waals surface area contributed by atoms with Crippen LogP contribution in [0.5, 0.6) is 0 Å². The first kappa shape index (κ1) is 9.21. The third-order valence-electron chi connectivity index (χ3n) is 2.08. The van der Waals surface area contributed by atoms with E-state index < -0.39 is 0 Å². The molecule has 72 valence electrons. The number of rotatable bonds is 1. The van der Waals surface area contributed by atoms with Crippen molar-refractivity contribution in [2.24, 2.45) is 7.05 Å². The molecule has 0 N–H and O–H groups in total. The molecule has 1 aromatic carbocycles. The van der Waals surface area contributed by atoms with Gasteiger partial charge in [0.1, 0.15) is 6.33 Å². The van der Waals surface area contributed by atoms with Gasteiger partial charge in [-0.15, -0.1) is 10.2 Å². The highest BCUT2D eigenvalue weighted by atomic mass is 35.5. The van der Waals surface area contributed by atoms with Gasteiger partial charge in [-0.1, -0.05) is 17.7 Å². The predicted molar refractivity (Wildman–Crippen MR) is 56.2 cm³/mol. The van der Waals surface area contributed by atoms with Gasteiger partial charge in [-0.2, -0.15) is 0 Å². The minimum Gasteiger partial charge on any atom is -0.317 e. The molecular weight excluding hydrogens is 198 g/mol. The summed E-state index contributed by atoms with van der Waals surface area (Å²) < 4.78 is 1.84. The second kappa shape index (κ2) is 3.42. The Balaban J connectivity index is 2.58. The molecule has 4 heteroatoms. The van der Waals surface area contributed by atoms with Crippen LogP contribution in [-0.2, 0) is 7.05 Å². The largest absolute Gasteiger partial charge is 0.317 e. The summed E-state index contributed by atoms with van der Waals surface area (Å²) in [5.74, 6) is 0.787. The van der Waals surface area contributed by atoms with E-state index in [2.05, 4.69) is 10.2 Å². The zero-order valence-electron chi connectivity index (χ0n) is 8.03. The van der Waals surface area contributed by atoms with Crippen molar-refractivity contribution in [1.82, 2.24) is 14.8 Å². The summed E-state index contributed by atoms with van der Waals surface area (Å²) in [5.41, 5.74) is 2.05. The fraction of sp³-hybridized carbons (Fsp3) is 0.200. The molecule has 0 saturated carbocycles. The molecule has 2 aromatic rings. The van der Waals surface area contributed by atoms with Gasteiger partial charge in [-0.25, -0.2) is 0 Å². The van der Waals surface area contributed by atoms with Crippen molar-refractivity contribution < 1.29 is 0 Å². The molecule has 0 aliphatic carbocycles. The van der Waals surface area contributed by atoms with E-state index >= 15 is 0 Å². The molecule has 0 amide bonds. The summed E-state index contributed by atoms with van der Waals surface area (Å²) in [6.07, 6.45) is 1.66. The van der Waals surface area contributed by atoms with Gasteiger partial charge in [-0.05, 0) is 24.6 Å². The lowest BCUT2D eigenvalue weighted by atomic mass is 10.1. The first-order valence-electron chi connectivity index (χ1n) is 4.29. The van der Waals surface area contributed by atoms with Crippen molar-refractivity contribution in [2.45, 2.75) is 6.92 Å². The topological polar surface area (TPSA) is 30.7 Å². The standard InChI is InChI=1S/C10H10ClN3/c1-7-3-4-8(9(11)5-7)10-13-12-6-14(10)2/h3-6H,1-2H3. The van der Waals surface area contributed by atoms with Crippen LogP contribution in [0.15, 0.2) is 24.5 Å². The Morgan fingerprint density at radius 2 is 2.14 bits per heavy atom. The van der Waals surface area contributed by atoms with Gasteiger partial charge in [0, 0.05) is 12.6 Å². The zero-order chi connectivity index (χ0) is 10.1. The monoisotopic (exact) mass is 207 g/mol. The summed E-state index contributed by atoms with van der Waals surface area (Å²) in [7, 11) is 1.89. The third kappa shape index (κ3) is 1.51. The molecule has 0 aliphatic heterocycles. The minimum absolute atomic E-state index is 0.709. The molecular formula is C10H10ClN3. The predicted octanol–water partition coefficient (Wildman–Crippen LogP) is 2.44. The van der Waals surface area contributed by atoms with Crippen LogP contribution < -0.4 is 0 Å². The van der Waals surface area contributed by atoms with Crippen LogP contribution in [0, 0.1) is 6.92 Å². The smallest absolute Gasteiger partial charge is 0.164 e. The maximum Gasteiger partial charge on any atom is 0.164 e. The lowest BCUT2D eigenvalue weighted by Gasteiger charge is -2.03. The molecule has 0 bridgehead atoms. The van der Waals surface area contributed by atoms with E-state index in [0.717, 1.165) is 17.0 Å². The number of halogens is 1. The quantitative estimate of drug-likeness (QED) is 0.719. The van der Waals surface area contributed by atoms with Crippen LogP contribution >= 0.6 is 11.6 Å². The maximum atomic E-state index is 6.11. The van der Waals surface area contributed by atoms with Crippen molar-refractivity contribution in [2.75, 3.05) is 0 Å². The Kier molecular flexibility index (Phi) is 2.25. The Morgan fingerprint density at radius 3 is 2.71 bits per heavy atom. The lowest BCUT2D eigenvalue weighted by molar-refractivity contribution is 0.919. The molecule has 0 fully saturated rings. The van der Waals surface area contributed by atoms with Crippen LogP contribution in [0.4, 0.5) is 0 Å². The zero-order valence-corrected chi connectivity index (χ0v) is 8.78. The SMILES string of the molecule is Cc1ccc(-c2nncn2C)c(Cl)c1. The number of hydrogen-bond acceptors (Lipinski definition) is 2. The van der Waals surface area contributed by atoms with Gasteiger partial charge in [0.2, 0.25) is 0 Å². The third-order valence-corrected chi connectivity index (χ3v) is 2.39. The average molecular weight is 208 g/mol. The summed E-state index contributed by atoms with van der Waals surface area (Å²) >= 11 is 6.11. The molecule has 0 unspecified atom stereocenters. The van der Waals surface area contributed by atoms with Crippen molar-refractivity contribution in [3.8, 4) is 11.4 Å². The normalized spacial score (nSPS) is 10.5. The van der Waals surface area contributed by atoms with E-state index in [0.29, 0.717) is 5.02 Å². The average Bonchev–Trinajstić information content (AvgIpc) is 2.52. The molecule has 1 heterocycles. The summed E-state index contributed by atoms with van der Waals surface area (Å²) in [6, 6.07) is 5.89. The number of nitrogens with zero attached hydrogens (tertiary/aromatic N) is 3. The maximum absolute atomic E-state index is 6.11. The Hall–Kier alpha value is -1.35. The van der Waals surface area contributed by atoms with E-state index in [1.54, 1.807) is 6.33 Å². The van der Waals surface area contributed by atoms with Crippen LogP contribution in [0.2, 0.25) is 5.02 Å². The van der Waals surface area contributed by atoms with Crippen LogP contribution in [0.3, 0.4) is 0 Å². The lowest BCUT2D eigenvalue weighted by Crippen LogP contribution is -1.92. The molecule has 0 atom stereocenters. The van der Waals surface area contributed by atoms with Crippen molar-refractivity contribution in [3.63, 3.8) is 0 Å². The highest BCUT2D eigenvalue weighted by Crippen LogP contribution is 2.26. The fourth-order valence-corrected chi connectivity index (χ4v) is 1.65. The first-order chi connectivity index (χ1) is 6.68. The fourth-order valence-electron chi connectivity index (χ4n) is 1.33. The Bertz CT molecular complexity index is 462. The van der Waals surface area contributed by atoms with E-state index in [4.69, 9.17) is 11.6 Å². The molecule has 14 heavy (non-hydrogen) atoms. The Labute approximate surface area is 87.3 Å². The van der Waals surface area contributed by atoms with Crippen LogP contribution in [-0.4, -0.2) is 14.8 Å². The molecule has 0 radical (unpaired) electrons. The van der Waals surface area contributed by atoms with Gasteiger partial charge in [0.15, 0.2) is 5.82 Å². The summed E-state index contributed by atoms with van der Waals surface area (Å²) in [4.78, 5) is 0. The van der Waals surface area contributed by atoms with E-state index in [1.165, 1.54) is 0 Å². The second-order valence-corrected chi connectivity index (χ2v) is 3.66. The molecule has 1 aromatic heterocycles. The molecule has 0 aliphatic rings. The van der Waals surface area contributed by atoms with Gasteiger partial charge in [-0.3, -0.25) is 0 Å². The summed E-state index contributed by atoms with van der Waals surface area (Å²) in [6.45, 7) is 2.01. The first-order valence-corrected chi connectivity index (χ1v) is 4.67. The van der Waals surface area contributed by atoms with E-state index in [9.17, 15) is 0 Å². The second-order valence-electron chi connectivity index (χ2n) is 3.25. The molecule has 0 saturated heterocycles. The van der Waals surface area contributed by atoms with Gasteiger partial charge >= 0.3 is 0 Å². The van der Waals surface area contributed by atoms with Crippen molar-refractivity contribution >= 4 is 11.6 Å². The number of hydrogen-bond donors (Lipinski definition) is 0. The van der Waals surface area contributed by atoms with Crippen molar-refractivity contribution in [3.05, 3.63) is 35.1 Å². The van der Waals surface area contributed by atoms with Gasteiger partial charge < -0.3 is 4.57 Å². The van der Waals surface area contributed by atoms with Crippen molar-refractivity contribution in [1.29, 1.82) is 0 Å². The Morgan fingerprint density at radius 1 is 1.36 bits per heavy atom. The molecule has 2 rings (SSSR count). The van der Waals surface area contributed by atoms with Gasteiger partial charge in [0.05, 0.1) is 5.02 Å². The van der Waals surface area contributed by atoms with E-state index in [-0.39, 0.29) is 0 Å².